The van der Waals surface area contributed by atoms with Crippen molar-refractivity contribution in [1.29, 1.82) is 0 Å². The number of aliphatic hydroxyl groups is 1. The van der Waals surface area contributed by atoms with Gasteiger partial charge < -0.3 is 15.8 Å². The van der Waals surface area contributed by atoms with Gasteiger partial charge in [0.1, 0.15) is 0 Å². The maximum absolute atomic E-state index is 7.57. The quantitative estimate of drug-likeness (QED) is 0.461. The molecule has 4 heteroatoms. The molecule has 0 saturated heterocycles. The standard InChI is InChI=1S/C3H5N3.C2H6O/c4-3-5-1-2-6-3;1-2-3/h1-2H,(H3,4,5,6);3H,2H2,1H3. The number of imidazole rings is 1. The average Bonchev–Trinajstić information content (AvgIpc) is 2.20. The zero-order chi connectivity index (χ0) is 7.11. The van der Waals surface area contributed by atoms with Crippen molar-refractivity contribution in [2.75, 3.05) is 12.3 Å². The molecule has 1 heterocycles. The molecule has 0 aliphatic heterocycles. The molecule has 0 bridgehead atoms. The first-order chi connectivity index (χ1) is 4.31. The summed E-state index contributed by atoms with van der Waals surface area (Å²) in [5.41, 5.74) is 5.11. The fourth-order valence-electron chi connectivity index (χ4n) is 0.277. The van der Waals surface area contributed by atoms with Crippen LogP contribution in [-0.2, 0) is 0 Å². The van der Waals surface area contributed by atoms with Crippen LogP contribution in [0.3, 0.4) is 0 Å². The highest BCUT2D eigenvalue weighted by Crippen LogP contribution is 1.81. The summed E-state index contributed by atoms with van der Waals surface area (Å²) < 4.78 is 0. The van der Waals surface area contributed by atoms with Crippen molar-refractivity contribution in [2.24, 2.45) is 0 Å². The van der Waals surface area contributed by atoms with Crippen LogP contribution in [0.5, 0.6) is 0 Å². The van der Waals surface area contributed by atoms with E-state index in [-0.39, 0.29) is 6.61 Å². The SMILES string of the molecule is CCO.Nc1ncc[nH]1. The van der Waals surface area contributed by atoms with Gasteiger partial charge in [0.25, 0.3) is 0 Å². The van der Waals surface area contributed by atoms with Gasteiger partial charge in [0.05, 0.1) is 0 Å². The minimum Gasteiger partial charge on any atom is -0.397 e. The molecule has 0 radical (unpaired) electrons. The Kier molecular flexibility index (Phi) is 4.53. The Hall–Kier alpha value is -1.03. The van der Waals surface area contributed by atoms with Crippen molar-refractivity contribution in [1.82, 2.24) is 9.97 Å². The summed E-state index contributed by atoms with van der Waals surface area (Å²) in [5.74, 6) is 0.468. The molecule has 0 saturated carbocycles. The van der Waals surface area contributed by atoms with Crippen LogP contribution in [0.15, 0.2) is 12.4 Å². The Morgan fingerprint density at radius 2 is 2.44 bits per heavy atom. The lowest BCUT2D eigenvalue weighted by molar-refractivity contribution is 0.318. The number of H-pyrrole nitrogens is 1. The first-order valence-corrected chi connectivity index (χ1v) is 2.67. The molecule has 0 amide bonds. The molecule has 4 N–H and O–H groups in total. The normalized spacial score (nSPS) is 7.78. The third kappa shape index (κ3) is 4.83. The zero-order valence-corrected chi connectivity index (χ0v) is 5.33. The summed E-state index contributed by atoms with van der Waals surface area (Å²) in [6, 6.07) is 0. The zero-order valence-electron chi connectivity index (χ0n) is 5.33. The third-order valence-electron chi connectivity index (χ3n) is 0.519. The molecule has 1 rings (SSSR count). The summed E-state index contributed by atoms with van der Waals surface area (Å²) >= 11 is 0. The van der Waals surface area contributed by atoms with Crippen molar-refractivity contribution in [3.63, 3.8) is 0 Å². The Balaban J connectivity index is 0.000000187. The Morgan fingerprint density at radius 1 is 1.89 bits per heavy atom. The molecule has 0 aliphatic rings. The second-order valence-electron chi connectivity index (χ2n) is 1.29. The van der Waals surface area contributed by atoms with E-state index in [4.69, 9.17) is 10.8 Å². The Morgan fingerprint density at radius 3 is 2.56 bits per heavy atom. The third-order valence-corrected chi connectivity index (χ3v) is 0.519. The summed E-state index contributed by atoms with van der Waals surface area (Å²) in [6.45, 7) is 1.93. The van der Waals surface area contributed by atoms with Gasteiger partial charge in [-0.05, 0) is 6.92 Å². The highest BCUT2D eigenvalue weighted by Gasteiger charge is 1.74. The first-order valence-electron chi connectivity index (χ1n) is 2.67. The number of aromatic nitrogens is 2. The van der Waals surface area contributed by atoms with E-state index in [9.17, 15) is 0 Å². The van der Waals surface area contributed by atoms with Gasteiger partial charge >= 0.3 is 0 Å². The van der Waals surface area contributed by atoms with Crippen molar-refractivity contribution in [2.45, 2.75) is 6.92 Å². The van der Waals surface area contributed by atoms with E-state index in [1.54, 1.807) is 19.3 Å². The summed E-state index contributed by atoms with van der Waals surface area (Å²) in [6.07, 6.45) is 3.28. The molecule has 1 aromatic heterocycles. The number of aromatic amines is 1. The lowest BCUT2D eigenvalue weighted by atomic mass is 10.9. The van der Waals surface area contributed by atoms with Crippen LogP contribution in [0.1, 0.15) is 6.92 Å². The van der Waals surface area contributed by atoms with Crippen LogP contribution in [0, 0.1) is 0 Å². The van der Waals surface area contributed by atoms with Gasteiger partial charge in [-0.25, -0.2) is 4.98 Å². The average molecular weight is 129 g/mol. The Bertz CT molecular complexity index is 127. The number of hydrogen-bond donors (Lipinski definition) is 3. The molecule has 9 heavy (non-hydrogen) atoms. The number of nitrogen functional groups attached to an aromatic ring is 1. The molecule has 0 aliphatic carbocycles. The molecular formula is C5H11N3O. The number of hydrogen-bond acceptors (Lipinski definition) is 3. The molecule has 0 spiro atoms. The molecule has 0 unspecified atom stereocenters. The topological polar surface area (TPSA) is 74.9 Å². The largest absolute Gasteiger partial charge is 0.397 e. The van der Waals surface area contributed by atoms with E-state index in [0.29, 0.717) is 5.95 Å². The Labute approximate surface area is 53.7 Å². The van der Waals surface area contributed by atoms with Crippen LogP contribution in [-0.4, -0.2) is 21.7 Å². The molecule has 0 aromatic carbocycles. The van der Waals surface area contributed by atoms with Gasteiger partial charge in [-0.2, -0.15) is 0 Å². The predicted octanol–water partition coefficient (Wildman–Crippen LogP) is -0.00950. The van der Waals surface area contributed by atoms with Crippen molar-refractivity contribution >= 4 is 5.95 Å². The van der Waals surface area contributed by atoms with E-state index in [2.05, 4.69) is 9.97 Å². The van der Waals surface area contributed by atoms with E-state index >= 15 is 0 Å². The van der Waals surface area contributed by atoms with Crippen LogP contribution in [0.2, 0.25) is 0 Å². The molecule has 1 aromatic rings. The number of nitrogens with zero attached hydrogens (tertiary/aromatic N) is 1. The maximum atomic E-state index is 7.57. The predicted molar refractivity (Wildman–Crippen MR) is 35.8 cm³/mol. The number of nitrogens with two attached hydrogens (primary N) is 1. The first kappa shape index (κ1) is 7.97. The minimum absolute atomic E-state index is 0.250. The number of aliphatic hydroxyl groups excluding tert-OH is 1. The smallest absolute Gasteiger partial charge is 0.197 e. The van der Waals surface area contributed by atoms with Gasteiger partial charge in [0.2, 0.25) is 0 Å². The van der Waals surface area contributed by atoms with Crippen molar-refractivity contribution in [3.8, 4) is 0 Å². The fourth-order valence-corrected chi connectivity index (χ4v) is 0.277. The fraction of sp³-hybridized carbons (Fsp3) is 0.400. The molecular weight excluding hydrogens is 118 g/mol. The second-order valence-corrected chi connectivity index (χ2v) is 1.29. The summed E-state index contributed by atoms with van der Waals surface area (Å²) in [4.78, 5) is 6.31. The van der Waals surface area contributed by atoms with Crippen LogP contribution < -0.4 is 5.73 Å². The number of nitrogens with one attached hydrogen (secondary N) is 1. The van der Waals surface area contributed by atoms with E-state index in [1.165, 1.54) is 0 Å². The van der Waals surface area contributed by atoms with Crippen LogP contribution in [0.4, 0.5) is 5.95 Å². The monoisotopic (exact) mass is 129 g/mol. The number of rotatable bonds is 0. The molecule has 0 fully saturated rings. The van der Waals surface area contributed by atoms with E-state index in [0.717, 1.165) is 0 Å². The van der Waals surface area contributed by atoms with Gasteiger partial charge in [0, 0.05) is 19.0 Å². The van der Waals surface area contributed by atoms with Crippen molar-refractivity contribution < 1.29 is 5.11 Å². The van der Waals surface area contributed by atoms with Gasteiger partial charge in [0.15, 0.2) is 5.95 Å². The minimum atomic E-state index is 0.250. The van der Waals surface area contributed by atoms with E-state index in [1.807, 2.05) is 0 Å². The molecule has 4 nitrogen and oxygen atoms in total. The number of anilines is 1. The maximum Gasteiger partial charge on any atom is 0.197 e. The van der Waals surface area contributed by atoms with Gasteiger partial charge in [-0.3, -0.25) is 0 Å². The van der Waals surface area contributed by atoms with Gasteiger partial charge in [-0.15, -0.1) is 0 Å². The van der Waals surface area contributed by atoms with Gasteiger partial charge in [-0.1, -0.05) is 0 Å². The molecule has 0 atom stereocenters. The highest BCUT2D eigenvalue weighted by atomic mass is 16.2. The lowest BCUT2D eigenvalue weighted by Gasteiger charge is -1.70. The van der Waals surface area contributed by atoms with Crippen LogP contribution >= 0.6 is 0 Å². The second kappa shape index (κ2) is 5.11. The van der Waals surface area contributed by atoms with E-state index < -0.39 is 0 Å². The van der Waals surface area contributed by atoms with Crippen molar-refractivity contribution in [3.05, 3.63) is 12.4 Å². The highest BCUT2D eigenvalue weighted by molar-refractivity contribution is 5.11. The molecule has 52 valence electrons. The summed E-state index contributed by atoms with van der Waals surface area (Å²) in [7, 11) is 0. The summed E-state index contributed by atoms with van der Waals surface area (Å²) in [5, 5.41) is 7.57. The van der Waals surface area contributed by atoms with Crippen LogP contribution in [0.25, 0.3) is 0 Å². The lowest BCUT2D eigenvalue weighted by Crippen LogP contribution is -1.83.